The number of aromatic nitrogens is 2. The van der Waals surface area contributed by atoms with Gasteiger partial charge in [0.25, 0.3) is 0 Å². The minimum Gasteiger partial charge on any atom is -0.312 e. The average molecular weight is 761 g/mol. The van der Waals surface area contributed by atoms with Crippen molar-refractivity contribution >= 4 is 103 Å². The van der Waals surface area contributed by atoms with E-state index < -0.39 is 0 Å². The van der Waals surface area contributed by atoms with Crippen LogP contribution in [0.4, 0.5) is 0 Å². The Morgan fingerprint density at radius 2 is 0.729 bits per heavy atom. The summed E-state index contributed by atoms with van der Waals surface area (Å²) in [5.74, 6) is 0. The van der Waals surface area contributed by atoms with E-state index in [1.54, 1.807) is 0 Å². The molecule has 9 aromatic carbocycles. The van der Waals surface area contributed by atoms with Gasteiger partial charge in [-0.2, -0.15) is 0 Å². The zero-order valence-corrected chi connectivity index (χ0v) is 35.5. The first-order valence-electron chi connectivity index (χ1n) is 21.3. The second-order valence-corrected chi connectivity index (χ2v) is 19.3. The summed E-state index contributed by atoms with van der Waals surface area (Å²) < 4.78 is 5.24. The van der Waals surface area contributed by atoms with Crippen molar-refractivity contribution in [2.45, 2.75) is 73.1 Å². The first-order valence-corrected chi connectivity index (χ1v) is 21.3. The van der Waals surface area contributed by atoms with Gasteiger partial charge >= 0.3 is 0 Å². The van der Waals surface area contributed by atoms with Crippen LogP contribution in [-0.2, 0) is 10.8 Å². The van der Waals surface area contributed by atoms with Crippen molar-refractivity contribution in [1.82, 2.24) is 8.97 Å². The van der Waals surface area contributed by atoms with E-state index in [1.165, 1.54) is 136 Å². The third-order valence-corrected chi connectivity index (χ3v) is 14.0. The summed E-state index contributed by atoms with van der Waals surface area (Å²) in [4.78, 5) is 0. The van der Waals surface area contributed by atoms with Gasteiger partial charge in [0.2, 0.25) is 0 Å². The van der Waals surface area contributed by atoms with Crippen LogP contribution in [0.1, 0.15) is 69.5 Å². The number of benzene rings is 9. The van der Waals surface area contributed by atoms with Crippen LogP contribution in [0.5, 0.6) is 0 Å². The molecule has 286 valence electrons. The highest BCUT2D eigenvalue weighted by molar-refractivity contribution is 6.32. The molecule has 2 nitrogen and oxygen atoms in total. The Morgan fingerprint density at radius 1 is 0.322 bits per heavy atom. The van der Waals surface area contributed by atoms with Crippen LogP contribution in [0, 0.1) is 20.8 Å². The van der Waals surface area contributed by atoms with Gasteiger partial charge in [0, 0.05) is 54.2 Å². The van der Waals surface area contributed by atoms with Gasteiger partial charge in [0.15, 0.2) is 0 Å². The zero-order chi connectivity index (χ0) is 40.4. The summed E-state index contributed by atoms with van der Waals surface area (Å²) in [6.45, 7) is 21.1. The number of fused-ring (bicyclic) bond motifs is 15. The normalized spacial score (nSPS) is 13.2. The lowest BCUT2D eigenvalue weighted by Gasteiger charge is -2.27. The van der Waals surface area contributed by atoms with Crippen molar-refractivity contribution in [1.29, 1.82) is 0 Å². The van der Waals surface area contributed by atoms with E-state index in [1.807, 2.05) is 0 Å². The van der Waals surface area contributed by atoms with Gasteiger partial charge in [0.05, 0.1) is 27.8 Å². The zero-order valence-electron chi connectivity index (χ0n) is 35.5. The molecule has 12 aromatic rings. The van der Waals surface area contributed by atoms with E-state index >= 15 is 0 Å². The van der Waals surface area contributed by atoms with Crippen LogP contribution in [0.3, 0.4) is 0 Å². The predicted octanol–water partition coefficient (Wildman–Crippen LogP) is 16.1. The van der Waals surface area contributed by atoms with Gasteiger partial charge in [-0.3, -0.25) is 0 Å². The lowest BCUT2D eigenvalue weighted by Crippen LogP contribution is -2.14. The summed E-state index contributed by atoms with van der Waals surface area (Å²) in [7, 11) is 0. The number of nitrogens with zero attached hydrogens (tertiary/aromatic N) is 2. The molecule has 0 spiro atoms. The van der Waals surface area contributed by atoms with E-state index in [0.29, 0.717) is 0 Å². The SMILES string of the molecule is Cc1c(C)n(-c2c3ccccc3c(C(C)(C)C)c3ccccc23)c2c1ccc1c3ccc4c(C)c5c6cccc7c(C(C)(C)C)c8ccccc8c(c76)n5c4c3ccc12. The predicted molar refractivity (Wildman–Crippen MR) is 257 cm³/mol. The Bertz CT molecular complexity index is 3760. The number of hydrogen-bond donors (Lipinski definition) is 0. The first kappa shape index (κ1) is 34.6. The number of rotatable bonds is 1. The van der Waals surface area contributed by atoms with Gasteiger partial charge in [-0.05, 0) is 86.2 Å². The maximum absolute atomic E-state index is 2.63. The highest BCUT2D eigenvalue weighted by atomic mass is 15.0. The van der Waals surface area contributed by atoms with Crippen molar-refractivity contribution in [3.63, 3.8) is 0 Å². The largest absolute Gasteiger partial charge is 0.312 e. The molecular weight excluding hydrogens is 713 g/mol. The van der Waals surface area contributed by atoms with Crippen molar-refractivity contribution in [3.8, 4) is 5.69 Å². The van der Waals surface area contributed by atoms with Gasteiger partial charge in [0.1, 0.15) is 0 Å². The van der Waals surface area contributed by atoms with E-state index in [0.717, 1.165) is 0 Å². The van der Waals surface area contributed by atoms with E-state index in [-0.39, 0.29) is 10.8 Å². The van der Waals surface area contributed by atoms with Crippen LogP contribution in [-0.4, -0.2) is 8.97 Å². The lowest BCUT2D eigenvalue weighted by atomic mass is 9.79. The van der Waals surface area contributed by atoms with Crippen LogP contribution in [0.15, 0.2) is 127 Å². The number of aryl methyl sites for hydroxylation is 2. The molecule has 0 N–H and O–H groups in total. The van der Waals surface area contributed by atoms with Crippen LogP contribution < -0.4 is 0 Å². The van der Waals surface area contributed by atoms with E-state index in [2.05, 4.69) is 199 Å². The minimum absolute atomic E-state index is 0.0103. The topological polar surface area (TPSA) is 9.34 Å². The standard InChI is InChI=1S/C57H48N2/c1-31-33(3)58(54-41-20-13-10-17-38(41)49(56(4,5)6)39-18-11-14-21-42(39)54)52-34(31)25-27-36-37-28-26-35-32(2)51-47-24-16-23-46-48(47)55(59(51)53(35)45(37)30-29-44(36)52)43-22-15-12-19-40(43)50(46)57(7,8)9/h10-30H,1-9H3. The van der Waals surface area contributed by atoms with Gasteiger partial charge in [-0.15, -0.1) is 0 Å². The van der Waals surface area contributed by atoms with Gasteiger partial charge < -0.3 is 8.97 Å². The van der Waals surface area contributed by atoms with Crippen molar-refractivity contribution < 1.29 is 0 Å². The molecule has 0 aliphatic heterocycles. The third-order valence-electron chi connectivity index (χ3n) is 14.0. The quantitative estimate of drug-likeness (QED) is 0.116. The minimum atomic E-state index is -0.0240. The molecule has 59 heavy (non-hydrogen) atoms. The molecule has 0 saturated heterocycles. The molecule has 3 aromatic heterocycles. The third kappa shape index (κ3) is 4.32. The lowest BCUT2D eigenvalue weighted by molar-refractivity contribution is 0.601. The summed E-state index contributed by atoms with van der Waals surface area (Å²) in [5.41, 5.74) is 13.3. The first-order chi connectivity index (χ1) is 28.4. The second-order valence-electron chi connectivity index (χ2n) is 19.3. The molecule has 0 aliphatic carbocycles. The van der Waals surface area contributed by atoms with Crippen LogP contribution in [0.25, 0.3) is 109 Å². The molecule has 0 saturated carbocycles. The van der Waals surface area contributed by atoms with Crippen molar-refractivity contribution in [2.75, 3.05) is 0 Å². The highest BCUT2D eigenvalue weighted by Gasteiger charge is 2.29. The summed E-state index contributed by atoms with van der Waals surface area (Å²) >= 11 is 0. The summed E-state index contributed by atoms with van der Waals surface area (Å²) in [6, 6.07) is 48.7. The molecule has 12 rings (SSSR count). The average Bonchev–Trinajstić information content (AvgIpc) is 3.81. The molecule has 0 aliphatic rings. The smallest absolute Gasteiger partial charge is 0.0626 e. The fourth-order valence-electron chi connectivity index (χ4n) is 11.6. The maximum Gasteiger partial charge on any atom is 0.0626 e. The Labute approximate surface area is 344 Å². The molecular formula is C57H48N2. The fourth-order valence-corrected chi connectivity index (χ4v) is 11.6. The molecule has 2 heteroatoms. The molecule has 0 radical (unpaired) electrons. The van der Waals surface area contributed by atoms with Crippen LogP contribution >= 0.6 is 0 Å². The summed E-state index contributed by atoms with van der Waals surface area (Å²) in [6.07, 6.45) is 0. The van der Waals surface area contributed by atoms with Gasteiger partial charge in [-0.1, -0.05) is 169 Å². The maximum atomic E-state index is 2.63. The fraction of sp³-hybridized carbons (Fsp3) is 0.193. The monoisotopic (exact) mass is 760 g/mol. The van der Waals surface area contributed by atoms with E-state index in [4.69, 9.17) is 0 Å². The Morgan fingerprint density at radius 3 is 1.31 bits per heavy atom. The Balaban J connectivity index is 1.24. The molecule has 3 heterocycles. The second kappa shape index (κ2) is 11.4. The van der Waals surface area contributed by atoms with Crippen molar-refractivity contribution in [3.05, 3.63) is 155 Å². The van der Waals surface area contributed by atoms with Crippen molar-refractivity contribution in [2.24, 2.45) is 0 Å². The van der Waals surface area contributed by atoms with Crippen LogP contribution in [0.2, 0.25) is 0 Å². The molecule has 0 unspecified atom stereocenters. The number of hydrogen-bond acceptors (Lipinski definition) is 0. The molecule has 0 fully saturated rings. The van der Waals surface area contributed by atoms with Gasteiger partial charge in [-0.25, -0.2) is 0 Å². The molecule has 0 atom stereocenters. The highest BCUT2D eigenvalue weighted by Crippen LogP contribution is 2.49. The summed E-state index contributed by atoms with van der Waals surface area (Å²) in [5, 5.41) is 19.8. The molecule has 0 amide bonds. The van der Waals surface area contributed by atoms with E-state index in [9.17, 15) is 0 Å². The molecule has 0 bridgehead atoms. The Kier molecular flexibility index (Phi) is 6.71. The Hall–Kier alpha value is -6.38.